The lowest BCUT2D eigenvalue weighted by atomic mass is 9.86. The van der Waals surface area contributed by atoms with Crippen LogP contribution >= 0.6 is 0 Å². The van der Waals surface area contributed by atoms with Gasteiger partial charge in [-0.05, 0) is 121 Å². The number of hydrogen-bond acceptors (Lipinski definition) is 3. The van der Waals surface area contributed by atoms with Gasteiger partial charge in [-0.1, -0.05) is 25.3 Å². The number of unbranched alkanes of at least 4 members (excludes halogenated alkanes) is 4. The number of aryl methyl sites for hydroxylation is 2. The van der Waals surface area contributed by atoms with Gasteiger partial charge in [-0.25, -0.2) is 0 Å². The summed E-state index contributed by atoms with van der Waals surface area (Å²) in [6.07, 6.45) is 10.2. The van der Waals surface area contributed by atoms with E-state index in [1.165, 1.54) is 27.8 Å². The van der Waals surface area contributed by atoms with Crippen molar-refractivity contribution in [3.05, 3.63) is 33.9 Å². The van der Waals surface area contributed by atoms with E-state index < -0.39 is 11.4 Å². The van der Waals surface area contributed by atoms with Gasteiger partial charge >= 0.3 is 5.97 Å². The summed E-state index contributed by atoms with van der Waals surface area (Å²) >= 11 is 0. The summed E-state index contributed by atoms with van der Waals surface area (Å²) in [6.45, 7) is 14.8. The molecule has 0 amide bonds. The van der Waals surface area contributed by atoms with Crippen molar-refractivity contribution in [3.8, 4) is 0 Å². The molecule has 1 rings (SSSR count). The smallest absolute Gasteiger partial charge is 0.309 e. The summed E-state index contributed by atoms with van der Waals surface area (Å²) in [5.41, 5.74) is 6.11. The first-order valence-corrected chi connectivity index (χ1v) is 11.8. The minimum absolute atomic E-state index is 0.370. The molecule has 0 spiro atoms. The van der Waals surface area contributed by atoms with Crippen molar-refractivity contribution in [2.45, 2.75) is 118 Å². The van der Waals surface area contributed by atoms with Crippen molar-refractivity contribution >= 4 is 12.4 Å². The largest absolute Gasteiger partial charge is 0.481 e. The summed E-state index contributed by atoms with van der Waals surface area (Å²) in [5, 5.41) is 9.25. The number of carbonyl (C=O) groups excluding carboxylic acids is 1. The van der Waals surface area contributed by atoms with Crippen LogP contribution in [0.2, 0.25) is 0 Å². The van der Waals surface area contributed by atoms with Crippen LogP contribution in [0.5, 0.6) is 0 Å². The zero-order valence-corrected chi connectivity index (χ0v) is 20.9. The second-order valence-electron chi connectivity index (χ2n) is 10.4. The van der Waals surface area contributed by atoms with E-state index in [2.05, 4.69) is 26.8 Å². The highest BCUT2D eigenvalue weighted by Gasteiger charge is 2.26. The van der Waals surface area contributed by atoms with Gasteiger partial charge in [-0.3, -0.25) is 9.59 Å². The van der Waals surface area contributed by atoms with Crippen LogP contribution in [0.25, 0.3) is 0 Å². The predicted octanol–water partition coefficient (Wildman–Crippen LogP) is 6.88. The maximum atomic E-state index is 11.2. The number of carbonyl (C=O) groups is 2. The highest BCUT2D eigenvalue weighted by molar-refractivity contribution is 5.73. The predicted molar refractivity (Wildman–Crippen MR) is 128 cm³/mol. The molecule has 1 N–H and O–H groups in total. The Morgan fingerprint density at radius 3 is 1.77 bits per heavy atom. The first kappa shape index (κ1) is 27.2. The van der Waals surface area contributed by atoms with Crippen molar-refractivity contribution in [1.82, 2.24) is 0 Å². The van der Waals surface area contributed by atoms with Gasteiger partial charge in [-0.15, -0.1) is 0 Å². The van der Waals surface area contributed by atoms with Crippen molar-refractivity contribution in [3.63, 3.8) is 0 Å². The quantitative estimate of drug-likeness (QED) is 0.242. The molecule has 0 saturated carbocycles. The molecule has 0 aliphatic heterocycles. The SMILES string of the molecule is Cc1c(CCCCCC(C)(C)OC=O)cc(CCCCCC(C)(C)C(=O)O)c(C)c1C. The number of rotatable bonds is 15. The van der Waals surface area contributed by atoms with E-state index in [1.807, 2.05) is 27.7 Å². The molecular weight excluding hydrogens is 388 g/mol. The molecule has 176 valence electrons. The average molecular weight is 433 g/mol. The Morgan fingerprint density at radius 2 is 1.32 bits per heavy atom. The number of benzene rings is 1. The molecule has 0 aromatic heterocycles. The number of carboxylic acids is 1. The Balaban J connectivity index is 2.56. The lowest BCUT2D eigenvalue weighted by Gasteiger charge is -2.22. The molecule has 0 radical (unpaired) electrons. The van der Waals surface area contributed by atoms with Crippen molar-refractivity contribution < 1.29 is 19.4 Å². The van der Waals surface area contributed by atoms with Crippen LogP contribution in [0, 0.1) is 26.2 Å². The summed E-state index contributed by atoms with van der Waals surface area (Å²) in [5.74, 6) is -0.707. The molecule has 0 atom stereocenters. The highest BCUT2D eigenvalue weighted by atomic mass is 16.5. The lowest BCUT2D eigenvalue weighted by Crippen LogP contribution is -2.23. The zero-order chi connectivity index (χ0) is 23.7. The van der Waals surface area contributed by atoms with Crippen molar-refractivity contribution in [2.75, 3.05) is 0 Å². The Bertz CT molecular complexity index is 731. The Labute approximate surface area is 189 Å². The molecule has 0 aliphatic rings. The minimum Gasteiger partial charge on any atom is -0.481 e. The molecule has 0 bridgehead atoms. The fourth-order valence-electron chi connectivity index (χ4n) is 4.11. The summed E-state index contributed by atoms with van der Waals surface area (Å²) in [6, 6.07) is 2.40. The second-order valence-corrected chi connectivity index (χ2v) is 10.4. The average Bonchev–Trinajstić information content (AvgIpc) is 2.68. The van der Waals surface area contributed by atoms with Crippen LogP contribution in [0.4, 0.5) is 0 Å². The van der Waals surface area contributed by atoms with Crippen LogP contribution < -0.4 is 0 Å². The van der Waals surface area contributed by atoms with Gasteiger partial charge in [0.2, 0.25) is 0 Å². The van der Waals surface area contributed by atoms with Gasteiger partial charge in [0.15, 0.2) is 0 Å². The molecule has 4 heteroatoms. The topological polar surface area (TPSA) is 63.6 Å². The maximum Gasteiger partial charge on any atom is 0.309 e. The third kappa shape index (κ3) is 9.04. The van der Waals surface area contributed by atoms with E-state index in [0.717, 1.165) is 64.2 Å². The molecular formula is C27H44O4. The van der Waals surface area contributed by atoms with Gasteiger partial charge in [-0.2, -0.15) is 0 Å². The summed E-state index contributed by atoms with van der Waals surface area (Å²) in [4.78, 5) is 21.8. The Kier molecular flexibility index (Phi) is 10.8. The standard InChI is InChI=1S/C27H44O4/c1-20-21(2)23(14-10-8-12-16-26(4,5)25(29)30)18-24(22(20)3)15-11-9-13-17-27(6,7)31-19-28/h18-19H,8-17H2,1-7H3,(H,29,30). The third-order valence-corrected chi connectivity index (χ3v) is 6.86. The molecule has 1 aromatic carbocycles. The normalized spacial score (nSPS) is 12.1. The Morgan fingerprint density at radius 1 is 0.839 bits per heavy atom. The van der Waals surface area contributed by atoms with E-state index in [4.69, 9.17) is 4.74 Å². The summed E-state index contributed by atoms with van der Waals surface area (Å²) in [7, 11) is 0. The van der Waals surface area contributed by atoms with Crippen molar-refractivity contribution in [2.24, 2.45) is 5.41 Å². The first-order chi connectivity index (χ1) is 14.4. The third-order valence-electron chi connectivity index (χ3n) is 6.86. The summed E-state index contributed by atoms with van der Waals surface area (Å²) < 4.78 is 5.13. The van der Waals surface area contributed by atoms with Crippen LogP contribution in [0.3, 0.4) is 0 Å². The lowest BCUT2D eigenvalue weighted by molar-refractivity contribution is -0.147. The maximum absolute atomic E-state index is 11.2. The number of carboxylic acid groups (broad SMARTS) is 1. The highest BCUT2D eigenvalue weighted by Crippen LogP contribution is 2.27. The molecule has 31 heavy (non-hydrogen) atoms. The number of aliphatic carboxylic acids is 1. The molecule has 0 heterocycles. The fourth-order valence-corrected chi connectivity index (χ4v) is 4.11. The van der Waals surface area contributed by atoms with E-state index in [-0.39, 0.29) is 5.60 Å². The molecule has 0 unspecified atom stereocenters. The first-order valence-electron chi connectivity index (χ1n) is 11.8. The zero-order valence-electron chi connectivity index (χ0n) is 20.9. The molecule has 1 aromatic rings. The molecule has 0 aliphatic carbocycles. The molecule has 4 nitrogen and oxygen atoms in total. The van der Waals surface area contributed by atoms with Crippen LogP contribution in [0.1, 0.15) is 107 Å². The molecule has 0 saturated heterocycles. The van der Waals surface area contributed by atoms with E-state index in [0.29, 0.717) is 6.47 Å². The molecule has 0 fully saturated rings. The van der Waals surface area contributed by atoms with Gasteiger partial charge in [0, 0.05) is 0 Å². The van der Waals surface area contributed by atoms with E-state index >= 15 is 0 Å². The van der Waals surface area contributed by atoms with Gasteiger partial charge in [0.05, 0.1) is 5.41 Å². The van der Waals surface area contributed by atoms with Crippen LogP contribution in [-0.2, 0) is 27.2 Å². The number of hydrogen-bond donors (Lipinski definition) is 1. The van der Waals surface area contributed by atoms with E-state index in [9.17, 15) is 14.7 Å². The number of ether oxygens (including phenoxy) is 1. The Hall–Kier alpha value is -1.84. The van der Waals surface area contributed by atoms with Gasteiger partial charge < -0.3 is 9.84 Å². The van der Waals surface area contributed by atoms with Crippen LogP contribution in [-0.4, -0.2) is 23.1 Å². The van der Waals surface area contributed by atoms with Gasteiger partial charge in [0.25, 0.3) is 6.47 Å². The van der Waals surface area contributed by atoms with Gasteiger partial charge in [0.1, 0.15) is 5.60 Å². The second kappa shape index (κ2) is 12.3. The fraction of sp³-hybridized carbons (Fsp3) is 0.704. The van der Waals surface area contributed by atoms with Crippen LogP contribution in [0.15, 0.2) is 6.07 Å². The van der Waals surface area contributed by atoms with E-state index in [1.54, 1.807) is 0 Å². The minimum atomic E-state index is -0.707. The van der Waals surface area contributed by atoms with Crippen molar-refractivity contribution in [1.29, 1.82) is 0 Å². The monoisotopic (exact) mass is 432 g/mol.